The number of carbonyl (C=O) groups is 1. The number of nitrogens with zero attached hydrogens (tertiary/aromatic N) is 3. The quantitative estimate of drug-likeness (QED) is 0.179. The lowest BCUT2D eigenvalue weighted by molar-refractivity contribution is -0.113. The molecule has 0 spiro atoms. The summed E-state index contributed by atoms with van der Waals surface area (Å²) in [6.07, 6.45) is 0. The smallest absolute Gasteiger partial charge is 0.255 e. The second kappa shape index (κ2) is 12.6. The van der Waals surface area contributed by atoms with Gasteiger partial charge < -0.3 is 20.1 Å². The number of methoxy groups -OCH3 is 1. The summed E-state index contributed by atoms with van der Waals surface area (Å²) in [7, 11) is 1.59. The predicted octanol–water partition coefficient (Wildman–Crippen LogP) is 7.63. The summed E-state index contributed by atoms with van der Waals surface area (Å²) in [6, 6.07) is 18.4. The molecule has 4 aromatic rings. The number of fused-ring (bicyclic) bond motifs is 1. The molecule has 41 heavy (non-hydrogen) atoms. The molecule has 0 fully saturated rings. The van der Waals surface area contributed by atoms with E-state index in [9.17, 15) is 4.79 Å². The molecule has 1 aromatic heterocycles. The third-order valence-corrected chi connectivity index (χ3v) is 8.05. The first-order valence-corrected chi connectivity index (χ1v) is 15.1. The van der Waals surface area contributed by atoms with Crippen molar-refractivity contribution < 1.29 is 14.3 Å². The summed E-state index contributed by atoms with van der Waals surface area (Å²) in [5.41, 5.74) is 4.71. The third kappa shape index (κ3) is 6.39. The maximum atomic E-state index is 13.9. The molecule has 11 heteroatoms. The number of rotatable bonds is 9. The fourth-order valence-corrected chi connectivity index (χ4v) is 5.87. The van der Waals surface area contributed by atoms with E-state index >= 15 is 0 Å². The number of thioether (sulfide) groups is 1. The van der Waals surface area contributed by atoms with Gasteiger partial charge in [-0.25, -0.2) is 4.68 Å². The zero-order valence-corrected chi connectivity index (χ0v) is 26.2. The van der Waals surface area contributed by atoms with E-state index in [1.807, 2.05) is 81.4 Å². The van der Waals surface area contributed by atoms with Gasteiger partial charge in [-0.3, -0.25) is 4.79 Å². The Bertz CT molecular complexity index is 1620. The first kappa shape index (κ1) is 29.0. The molecular formula is C30H29BrClN5O3S. The number of halogens is 2. The largest absolute Gasteiger partial charge is 0.493 e. The third-order valence-electron chi connectivity index (χ3n) is 6.49. The zero-order valence-electron chi connectivity index (χ0n) is 23.0. The van der Waals surface area contributed by atoms with E-state index in [-0.39, 0.29) is 5.91 Å². The minimum Gasteiger partial charge on any atom is -0.493 e. The molecule has 2 heterocycles. The Morgan fingerprint density at radius 2 is 1.95 bits per heavy atom. The van der Waals surface area contributed by atoms with Crippen molar-refractivity contribution in [3.05, 3.63) is 98.1 Å². The number of allylic oxidation sites excluding steroid dienone is 1. The first-order valence-electron chi connectivity index (χ1n) is 13.0. The number of benzene rings is 3. The molecular weight excluding hydrogens is 626 g/mol. The highest BCUT2D eigenvalue weighted by Gasteiger charge is 2.35. The van der Waals surface area contributed by atoms with Crippen LogP contribution < -0.4 is 20.1 Å². The average Bonchev–Trinajstić information content (AvgIpc) is 3.34. The SMILES string of the molecule is CCSc1nc2n(n1)C(c1cc(Br)c(OCc3ccc(Cl)cc3)c(OC)c1)C(C(=O)Nc1cccc(C)c1)=C(C)N2. The van der Waals surface area contributed by atoms with Crippen molar-refractivity contribution in [2.75, 3.05) is 23.5 Å². The summed E-state index contributed by atoms with van der Waals surface area (Å²) < 4.78 is 14.4. The van der Waals surface area contributed by atoms with Crippen LogP contribution in [0.25, 0.3) is 0 Å². The predicted molar refractivity (Wildman–Crippen MR) is 167 cm³/mol. The van der Waals surface area contributed by atoms with E-state index in [1.54, 1.807) is 11.8 Å². The molecule has 212 valence electrons. The van der Waals surface area contributed by atoms with Crippen molar-refractivity contribution in [3.8, 4) is 11.5 Å². The van der Waals surface area contributed by atoms with E-state index in [0.29, 0.717) is 55.7 Å². The molecule has 0 bridgehead atoms. The summed E-state index contributed by atoms with van der Waals surface area (Å²) in [4.78, 5) is 18.5. The van der Waals surface area contributed by atoms with Gasteiger partial charge in [0.15, 0.2) is 11.5 Å². The Hall–Kier alpha value is -3.47. The van der Waals surface area contributed by atoms with Crippen LogP contribution in [0.4, 0.5) is 11.6 Å². The molecule has 2 N–H and O–H groups in total. The van der Waals surface area contributed by atoms with Gasteiger partial charge in [-0.05, 0) is 88.6 Å². The maximum Gasteiger partial charge on any atom is 0.255 e. The van der Waals surface area contributed by atoms with Crippen LogP contribution in [0.3, 0.4) is 0 Å². The highest BCUT2D eigenvalue weighted by molar-refractivity contribution is 9.10. The summed E-state index contributed by atoms with van der Waals surface area (Å²) >= 11 is 11.2. The molecule has 1 unspecified atom stereocenters. The van der Waals surface area contributed by atoms with Crippen LogP contribution in [0.5, 0.6) is 11.5 Å². The molecule has 1 atom stereocenters. The van der Waals surface area contributed by atoms with Gasteiger partial charge in [0.05, 0.1) is 17.2 Å². The van der Waals surface area contributed by atoms with Crippen LogP contribution in [-0.4, -0.2) is 33.5 Å². The Kier molecular flexibility index (Phi) is 8.91. The Labute approximate surface area is 256 Å². The summed E-state index contributed by atoms with van der Waals surface area (Å²) in [6.45, 7) is 6.23. The van der Waals surface area contributed by atoms with Crippen LogP contribution in [0, 0.1) is 6.92 Å². The van der Waals surface area contributed by atoms with Crippen LogP contribution >= 0.6 is 39.3 Å². The number of anilines is 2. The lowest BCUT2D eigenvalue weighted by Crippen LogP contribution is -2.31. The summed E-state index contributed by atoms with van der Waals surface area (Å²) in [5, 5.41) is 12.4. The van der Waals surface area contributed by atoms with Gasteiger partial charge in [0, 0.05) is 16.4 Å². The Morgan fingerprint density at radius 3 is 2.66 bits per heavy atom. The van der Waals surface area contributed by atoms with Crippen LogP contribution in [-0.2, 0) is 11.4 Å². The normalized spacial score (nSPS) is 14.3. The standard InChI is InChI=1S/C30H29BrClN5O3S/c1-5-41-30-35-29-33-18(3)25(28(38)34-22-8-6-7-17(2)13-22)26(37(29)36-30)20-14-23(31)27(24(15-20)39-4)40-16-19-9-11-21(32)12-10-19/h6-15,26H,5,16H2,1-4H3,(H,34,38)(H,33,35,36). The van der Waals surface area contributed by atoms with Gasteiger partial charge in [0.2, 0.25) is 11.1 Å². The second-order valence-electron chi connectivity index (χ2n) is 9.43. The topological polar surface area (TPSA) is 90.3 Å². The molecule has 1 aliphatic rings. The average molecular weight is 655 g/mol. The van der Waals surface area contributed by atoms with Crippen LogP contribution in [0.2, 0.25) is 5.02 Å². The fraction of sp³-hybridized carbons (Fsp3) is 0.233. The number of aromatic nitrogens is 3. The van der Waals surface area contributed by atoms with Crippen molar-refractivity contribution >= 4 is 56.8 Å². The lowest BCUT2D eigenvalue weighted by atomic mass is 9.94. The molecule has 0 aliphatic carbocycles. The first-order chi connectivity index (χ1) is 19.8. The van der Waals surface area contributed by atoms with E-state index in [2.05, 4.69) is 31.5 Å². The minimum absolute atomic E-state index is 0.241. The van der Waals surface area contributed by atoms with Crippen LogP contribution in [0.15, 0.2) is 81.6 Å². The highest BCUT2D eigenvalue weighted by Crippen LogP contribution is 2.43. The minimum atomic E-state index is -0.578. The fourth-order valence-electron chi connectivity index (χ4n) is 4.62. The van der Waals surface area contributed by atoms with E-state index in [4.69, 9.17) is 26.2 Å². The number of carbonyl (C=O) groups excluding carboxylic acids is 1. The monoisotopic (exact) mass is 653 g/mol. The van der Waals surface area contributed by atoms with E-state index < -0.39 is 6.04 Å². The molecule has 8 nitrogen and oxygen atoms in total. The Morgan fingerprint density at radius 1 is 1.17 bits per heavy atom. The number of nitrogens with one attached hydrogen (secondary N) is 2. The van der Waals surface area contributed by atoms with Crippen molar-refractivity contribution in [3.63, 3.8) is 0 Å². The summed E-state index contributed by atoms with van der Waals surface area (Å²) in [5.74, 6) is 2.21. The molecule has 1 aliphatic heterocycles. The second-order valence-corrected chi connectivity index (χ2v) is 12.0. The van der Waals surface area contributed by atoms with E-state index in [1.165, 1.54) is 11.8 Å². The van der Waals surface area contributed by atoms with Crippen molar-refractivity contribution in [1.29, 1.82) is 0 Å². The molecule has 5 rings (SSSR count). The van der Waals surface area contributed by atoms with Gasteiger partial charge in [-0.2, -0.15) is 4.98 Å². The molecule has 0 radical (unpaired) electrons. The molecule has 1 amide bonds. The number of hydrogen-bond acceptors (Lipinski definition) is 7. The number of hydrogen-bond donors (Lipinski definition) is 2. The van der Waals surface area contributed by atoms with Gasteiger partial charge in [-0.15, -0.1) is 5.10 Å². The molecule has 0 saturated carbocycles. The Balaban J connectivity index is 1.55. The van der Waals surface area contributed by atoms with Crippen LogP contribution in [0.1, 0.15) is 36.6 Å². The van der Waals surface area contributed by atoms with Crippen molar-refractivity contribution in [2.24, 2.45) is 0 Å². The number of amides is 1. The number of ether oxygens (including phenoxy) is 2. The van der Waals surface area contributed by atoms with Crippen molar-refractivity contribution in [1.82, 2.24) is 14.8 Å². The lowest BCUT2D eigenvalue weighted by Gasteiger charge is -2.29. The van der Waals surface area contributed by atoms with Gasteiger partial charge in [0.25, 0.3) is 5.91 Å². The van der Waals surface area contributed by atoms with Gasteiger partial charge in [0.1, 0.15) is 12.6 Å². The van der Waals surface area contributed by atoms with Gasteiger partial charge >= 0.3 is 0 Å². The van der Waals surface area contributed by atoms with E-state index in [0.717, 1.165) is 22.4 Å². The highest BCUT2D eigenvalue weighted by atomic mass is 79.9. The molecule has 3 aromatic carbocycles. The molecule has 0 saturated heterocycles. The van der Waals surface area contributed by atoms with Gasteiger partial charge in [-0.1, -0.05) is 54.6 Å². The zero-order chi connectivity index (χ0) is 29.1. The maximum absolute atomic E-state index is 13.9. The van der Waals surface area contributed by atoms with Crippen molar-refractivity contribution in [2.45, 2.75) is 38.6 Å². The number of aryl methyl sites for hydroxylation is 1.